The fourth-order valence-electron chi connectivity index (χ4n) is 1.19. The van der Waals surface area contributed by atoms with E-state index >= 15 is 0 Å². The number of carboxylic acids is 1. The first kappa shape index (κ1) is 13.7. The van der Waals surface area contributed by atoms with Gasteiger partial charge in [-0.25, -0.2) is 14.6 Å². The summed E-state index contributed by atoms with van der Waals surface area (Å²) in [5.41, 5.74) is 0.651. The number of urea groups is 1. The third-order valence-electron chi connectivity index (χ3n) is 1.98. The summed E-state index contributed by atoms with van der Waals surface area (Å²) in [6.07, 6.45) is 4.80. The lowest BCUT2D eigenvalue weighted by molar-refractivity contribution is -0.131. The van der Waals surface area contributed by atoms with Crippen molar-refractivity contribution in [1.82, 2.24) is 10.3 Å². The molecule has 1 heterocycles. The third-order valence-corrected chi connectivity index (χ3v) is 1.98. The van der Waals surface area contributed by atoms with Crippen LogP contribution in [0, 0.1) is 0 Å². The maximum Gasteiger partial charge on any atom is 0.328 e. The number of carbonyl (C=O) groups excluding carboxylic acids is 1. The molecule has 3 N–H and O–H groups in total. The van der Waals surface area contributed by atoms with Gasteiger partial charge in [0.15, 0.2) is 0 Å². The highest BCUT2D eigenvalue weighted by Gasteiger charge is 2.01. The lowest BCUT2D eigenvalue weighted by Crippen LogP contribution is -2.29. The van der Waals surface area contributed by atoms with E-state index in [2.05, 4.69) is 15.6 Å². The number of aliphatic carboxylic acids is 1. The Morgan fingerprint density at radius 3 is 2.94 bits per heavy atom. The van der Waals surface area contributed by atoms with Crippen LogP contribution in [-0.4, -0.2) is 28.6 Å². The normalized spacial score (nSPS) is 10.3. The predicted molar refractivity (Wildman–Crippen MR) is 68.2 cm³/mol. The molecule has 0 aliphatic rings. The monoisotopic (exact) mass is 249 g/mol. The molecule has 0 aliphatic heterocycles. The number of rotatable bonds is 5. The summed E-state index contributed by atoms with van der Waals surface area (Å²) in [5, 5.41) is 13.7. The Bertz CT molecular complexity index is 458. The highest BCUT2D eigenvalue weighted by atomic mass is 16.4. The molecule has 6 nitrogen and oxygen atoms in total. The molecule has 6 heteroatoms. The predicted octanol–water partition coefficient (Wildman–Crippen LogP) is 1.71. The molecule has 0 unspecified atom stereocenters. The SMILES string of the molecule is CCCNC(=O)Nc1cc(/C=C/C(=O)O)ccn1. The van der Waals surface area contributed by atoms with Gasteiger partial charge in [-0.05, 0) is 30.2 Å². The van der Waals surface area contributed by atoms with Crippen LogP contribution in [-0.2, 0) is 4.79 Å². The molecular formula is C12H15N3O3. The summed E-state index contributed by atoms with van der Waals surface area (Å²) in [4.78, 5) is 25.7. The minimum atomic E-state index is -1.03. The van der Waals surface area contributed by atoms with Gasteiger partial charge in [0.25, 0.3) is 0 Å². The molecule has 0 bridgehead atoms. The second-order valence-electron chi connectivity index (χ2n) is 3.53. The first-order chi connectivity index (χ1) is 8.61. The van der Waals surface area contributed by atoms with E-state index in [1.54, 1.807) is 12.1 Å². The van der Waals surface area contributed by atoms with Gasteiger partial charge >= 0.3 is 12.0 Å². The van der Waals surface area contributed by atoms with Crippen LogP contribution in [0.1, 0.15) is 18.9 Å². The molecule has 0 spiro atoms. The quantitative estimate of drug-likeness (QED) is 0.693. The van der Waals surface area contributed by atoms with E-state index in [1.165, 1.54) is 12.3 Å². The highest BCUT2D eigenvalue weighted by Crippen LogP contribution is 2.08. The van der Waals surface area contributed by atoms with Crippen molar-refractivity contribution in [3.8, 4) is 0 Å². The summed E-state index contributed by atoms with van der Waals surface area (Å²) in [6.45, 7) is 2.54. The van der Waals surface area contributed by atoms with Gasteiger partial charge in [0.05, 0.1) is 0 Å². The first-order valence-corrected chi connectivity index (χ1v) is 5.53. The van der Waals surface area contributed by atoms with Crippen LogP contribution in [0.4, 0.5) is 10.6 Å². The largest absolute Gasteiger partial charge is 0.478 e. The second kappa shape index (κ2) is 7.05. The topological polar surface area (TPSA) is 91.3 Å². The Kier molecular flexibility index (Phi) is 5.37. The van der Waals surface area contributed by atoms with Crippen LogP contribution in [0.3, 0.4) is 0 Å². The van der Waals surface area contributed by atoms with E-state index in [0.717, 1.165) is 12.5 Å². The number of carbonyl (C=O) groups is 2. The van der Waals surface area contributed by atoms with Gasteiger partial charge in [0.2, 0.25) is 0 Å². The van der Waals surface area contributed by atoms with Gasteiger partial charge < -0.3 is 10.4 Å². The molecule has 0 atom stereocenters. The van der Waals surface area contributed by atoms with Crippen molar-refractivity contribution < 1.29 is 14.7 Å². The van der Waals surface area contributed by atoms with Crippen molar-refractivity contribution in [2.24, 2.45) is 0 Å². The Morgan fingerprint density at radius 2 is 2.28 bits per heavy atom. The van der Waals surface area contributed by atoms with Crippen molar-refractivity contribution in [1.29, 1.82) is 0 Å². The Labute approximate surface area is 105 Å². The molecule has 1 aromatic heterocycles. The van der Waals surface area contributed by atoms with Gasteiger partial charge in [0.1, 0.15) is 5.82 Å². The number of hydrogen-bond acceptors (Lipinski definition) is 3. The zero-order valence-corrected chi connectivity index (χ0v) is 10.0. The van der Waals surface area contributed by atoms with E-state index < -0.39 is 5.97 Å². The average molecular weight is 249 g/mol. The molecule has 0 aromatic carbocycles. The molecule has 0 saturated carbocycles. The number of hydrogen-bond donors (Lipinski definition) is 3. The number of carboxylic acid groups (broad SMARTS) is 1. The maximum absolute atomic E-state index is 11.4. The molecular weight excluding hydrogens is 234 g/mol. The average Bonchev–Trinajstić information content (AvgIpc) is 2.34. The van der Waals surface area contributed by atoms with Crippen molar-refractivity contribution >= 4 is 23.9 Å². The minimum Gasteiger partial charge on any atom is -0.478 e. The molecule has 0 fully saturated rings. The first-order valence-electron chi connectivity index (χ1n) is 5.53. The Morgan fingerprint density at radius 1 is 1.50 bits per heavy atom. The summed E-state index contributed by atoms with van der Waals surface area (Å²) < 4.78 is 0. The number of nitrogens with one attached hydrogen (secondary N) is 2. The number of amides is 2. The van der Waals surface area contributed by atoms with E-state index in [9.17, 15) is 9.59 Å². The van der Waals surface area contributed by atoms with Crippen LogP contribution in [0.5, 0.6) is 0 Å². The Hall–Kier alpha value is -2.37. The Balaban J connectivity index is 2.64. The maximum atomic E-state index is 11.4. The van der Waals surface area contributed by atoms with Crippen molar-refractivity contribution in [2.75, 3.05) is 11.9 Å². The van der Waals surface area contributed by atoms with Gasteiger partial charge in [-0.3, -0.25) is 5.32 Å². The zero-order chi connectivity index (χ0) is 13.4. The summed E-state index contributed by atoms with van der Waals surface area (Å²) in [6, 6.07) is 2.91. The smallest absolute Gasteiger partial charge is 0.328 e. The van der Waals surface area contributed by atoms with Crippen LogP contribution in [0.25, 0.3) is 6.08 Å². The van der Waals surface area contributed by atoms with E-state index in [-0.39, 0.29) is 6.03 Å². The van der Waals surface area contributed by atoms with Gasteiger partial charge in [0, 0.05) is 18.8 Å². The lowest BCUT2D eigenvalue weighted by Gasteiger charge is -2.06. The fourth-order valence-corrected chi connectivity index (χ4v) is 1.19. The third kappa shape index (κ3) is 5.11. The highest BCUT2D eigenvalue weighted by molar-refractivity contribution is 5.89. The van der Waals surface area contributed by atoms with E-state index in [4.69, 9.17) is 5.11 Å². The summed E-state index contributed by atoms with van der Waals surface area (Å²) in [7, 11) is 0. The molecule has 18 heavy (non-hydrogen) atoms. The summed E-state index contributed by atoms with van der Waals surface area (Å²) >= 11 is 0. The van der Waals surface area contributed by atoms with Crippen LogP contribution >= 0.6 is 0 Å². The molecule has 0 aliphatic carbocycles. The number of nitrogens with zero attached hydrogens (tertiary/aromatic N) is 1. The summed E-state index contributed by atoms with van der Waals surface area (Å²) in [5.74, 6) is -0.654. The van der Waals surface area contributed by atoms with Crippen LogP contribution in [0.15, 0.2) is 24.4 Å². The van der Waals surface area contributed by atoms with Gasteiger partial charge in [-0.15, -0.1) is 0 Å². The van der Waals surface area contributed by atoms with Crippen molar-refractivity contribution in [2.45, 2.75) is 13.3 Å². The second-order valence-corrected chi connectivity index (χ2v) is 3.53. The number of pyridine rings is 1. The zero-order valence-electron chi connectivity index (χ0n) is 10.0. The van der Waals surface area contributed by atoms with E-state index in [0.29, 0.717) is 17.9 Å². The standard InChI is InChI=1S/C12H15N3O3/c1-2-6-14-12(18)15-10-8-9(5-7-13-10)3-4-11(16)17/h3-5,7-8H,2,6H2,1H3,(H,16,17)(H2,13,14,15,18)/b4-3+. The van der Waals surface area contributed by atoms with E-state index in [1.807, 2.05) is 6.92 Å². The lowest BCUT2D eigenvalue weighted by atomic mass is 10.2. The fraction of sp³-hybridized carbons (Fsp3) is 0.250. The number of aromatic nitrogens is 1. The van der Waals surface area contributed by atoms with Gasteiger partial charge in [-0.2, -0.15) is 0 Å². The molecule has 0 radical (unpaired) electrons. The molecule has 0 saturated heterocycles. The van der Waals surface area contributed by atoms with Crippen LogP contribution in [0.2, 0.25) is 0 Å². The van der Waals surface area contributed by atoms with Crippen molar-refractivity contribution in [3.05, 3.63) is 30.0 Å². The minimum absolute atomic E-state index is 0.330. The molecule has 1 aromatic rings. The number of anilines is 1. The van der Waals surface area contributed by atoms with Crippen molar-refractivity contribution in [3.63, 3.8) is 0 Å². The molecule has 1 rings (SSSR count). The molecule has 2 amide bonds. The van der Waals surface area contributed by atoms with Crippen LogP contribution < -0.4 is 10.6 Å². The molecule has 96 valence electrons. The van der Waals surface area contributed by atoms with Gasteiger partial charge in [-0.1, -0.05) is 6.92 Å².